The Morgan fingerprint density at radius 3 is 2.52 bits per heavy atom. The van der Waals surface area contributed by atoms with Crippen LogP contribution in [0.15, 0.2) is 42.5 Å². The van der Waals surface area contributed by atoms with Gasteiger partial charge >= 0.3 is 0 Å². The van der Waals surface area contributed by atoms with Crippen molar-refractivity contribution in [2.75, 3.05) is 13.1 Å². The highest BCUT2D eigenvalue weighted by atomic mass is 16.3. The number of aliphatic hydroxyl groups excluding tert-OH is 1. The molecule has 3 heteroatoms. The van der Waals surface area contributed by atoms with Gasteiger partial charge in [0.05, 0.1) is 12.3 Å². The second-order valence-electron chi connectivity index (χ2n) is 7.58. The lowest BCUT2D eigenvalue weighted by Crippen LogP contribution is -2.40. The number of hydrogen-bond donors (Lipinski definition) is 1. The molecule has 1 aromatic carbocycles. The summed E-state index contributed by atoms with van der Waals surface area (Å²) in [5, 5.41) is 9.21. The second-order valence-corrected chi connectivity index (χ2v) is 7.58. The Morgan fingerprint density at radius 1 is 0.960 bits per heavy atom. The first kappa shape index (κ1) is 16.7. The predicted octanol–water partition coefficient (Wildman–Crippen LogP) is 4.36. The normalized spacial score (nSPS) is 22.4. The summed E-state index contributed by atoms with van der Waals surface area (Å²) < 4.78 is 0. The van der Waals surface area contributed by atoms with E-state index < -0.39 is 0 Å². The molecule has 1 N–H and O–H groups in total. The fraction of sp³-hybridized carbons (Fsp3) is 0.500. The number of aliphatic hydroxyl groups is 1. The van der Waals surface area contributed by atoms with Gasteiger partial charge in [-0.15, -0.1) is 0 Å². The van der Waals surface area contributed by atoms with E-state index in [0.29, 0.717) is 5.92 Å². The van der Waals surface area contributed by atoms with Crippen LogP contribution in [-0.2, 0) is 6.61 Å². The number of pyridine rings is 1. The van der Waals surface area contributed by atoms with E-state index in [1.165, 1.54) is 57.3 Å². The van der Waals surface area contributed by atoms with Gasteiger partial charge in [-0.05, 0) is 49.9 Å². The van der Waals surface area contributed by atoms with E-state index in [-0.39, 0.29) is 6.61 Å². The molecule has 0 amide bonds. The highest BCUT2D eigenvalue weighted by Crippen LogP contribution is 2.32. The van der Waals surface area contributed by atoms with Crippen LogP contribution in [0, 0.1) is 0 Å². The van der Waals surface area contributed by atoms with Crippen molar-refractivity contribution in [1.82, 2.24) is 9.88 Å². The molecular formula is C22H28N2O. The minimum Gasteiger partial charge on any atom is -0.392 e. The number of likely N-dealkylation sites (tertiary alicyclic amines) is 1. The van der Waals surface area contributed by atoms with Gasteiger partial charge in [0.15, 0.2) is 0 Å². The van der Waals surface area contributed by atoms with Crippen molar-refractivity contribution in [2.45, 2.75) is 57.1 Å². The molecule has 1 aromatic heterocycles. The molecule has 1 atom stereocenters. The highest BCUT2D eigenvalue weighted by Gasteiger charge is 2.29. The van der Waals surface area contributed by atoms with E-state index in [0.717, 1.165) is 22.9 Å². The number of piperidine rings is 1. The average Bonchev–Trinajstić information content (AvgIpc) is 3.23. The molecule has 132 valence electrons. The van der Waals surface area contributed by atoms with Crippen LogP contribution in [0.5, 0.6) is 0 Å². The Balaban J connectivity index is 1.51. The van der Waals surface area contributed by atoms with Gasteiger partial charge in [-0.3, -0.25) is 9.88 Å². The number of nitrogens with zero attached hydrogens (tertiary/aromatic N) is 2. The van der Waals surface area contributed by atoms with Crippen LogP contribution in [0.1, 0.15) is 55.7 Å². The molecule has 0 spiro atoms. The molecule has 0 bridgehead atoms. The summed E-state index contributed by atoms with van der Waals surface area (Å²) in [7, 11) is 0. The molecule has 2 fully saturated rings. The van der Waals surface area contributed by atoms with Gasteiger partial charge in [0.2, 0.25) is 0 Å². The number of aromatic nitrogens is 1. The third-order valence-electron chi connectivity index (χ3n) is 5.92. The summed E-state index contributed by atoms with van der Waals surface area (Å²) in [6, 6.07) is 15.3. The zero-order valence-electron chi connectivity index (χ0n) is 14.9. The van der Waals surface area contributed by atoms with E-state index in [9.17, 15) is 5.11 Å². The van der Waals surface area contributed by atoms with Crippen molar-refractivity contribution in [3.63, 3.8) is 0 Å². The van der Waals surface area contributed by atoms with E-state index in [1.807, 2.05) is 12.1 Å². The molecular weight excluding hydrogens is 308 g/mol. The van der Waals surface area contributed by atoms with Crippen molar-refractivity contribution >= 4 is 0 Å². The van der Waals surface area contributed by atoms with Gasteiger partial charge in [0.25, 0.3) is 0 Å². The molecule has 2 aliphatic rings. The quantitative estimate of drug-likeness (QED) is 0.901. The Kier molecular flexibility index (Phi) is 5.14. The van der Waals surface area contributed by atoms with Crippen LogP contribution in [0.2, 0.25) is 0 Å². The highest BCUT2D eigenvalue weighted by molar-refractivity contribution is 5.59. The fourth-order valence-electron chi connectivity index (χ4n) is 4.47. The molecule has 2 aromatic rings. The number of hydrogen-bond acceptors (Lipinski definition) is 3. The third-order valence-corrected chi connectivity index (χ3v) is 5.92. The summed E-state index contributed by atoms with van der Waals surface area (Å²) >= 11 is 0. The molecule has 0 radical (unpaired) electrons. The number of rotatable bonds is 4. The first-order chi connectivity index (χ1) is 12.3. The van der Waals surface area contributed by atoms with Crippen molar-refractivity contribution in [1.29, 1.82) is 0 Å². The molecule has 2 heterocycles. The summed E-state index contributed by atoms with van der Waals surface area (Å²) in [6.45, 7) is 2.53. The molecule has 1 aliphatic carbocycles. The third kappa shape index (κ3) is 3.78. The fourth-order valence-corrected chi connectivity index (χ4v) is 4.47. The maximum absolute atomic E-state index is 9.21. The Morgan fingerprint density at radius 2 is 1.76 bits per heavy atom. The van der Waals surface area contributed by atoms with Crippen LogP contribution in [0.4, 0.5) is 0 Å². The lowest BCUT2D eigenvalue weighted by molar-refractivity contribution is 0.149. The first-order valence-corrected chi connectivity index (χ1v) is 9.74. The van der Waals surface area contributed by atoms with E-state index in [2.05, 4.69) is 35.2 Å². The molecule has 1 saturated heterocycles. The van der Waals surface area contributed by atoms with Crippen molar-refractivity contribution in [2.24, 2.45) is 0 Å². The smallest absolute Gasteiger partial charge is 0.0705 e. The largest absolute Gasteiger partial charge is 0.392 e. The van der Waals surface area contributed by atoms with E-state index in [4.69, 9.17) is 4.98 Å². The maximum Gasteiger partial charge on any atom is 0.0705 e. The summed E-state index contributed by atoms with van der Waals surface area (Å²) in [4.78, 5) is 7.72. The van der Waals surface area contributed by atoms with Gasteiger partial charge < -0.3 is 5.11 Å². The molecule has 1 saturated carbocycles. The summed E-state index contributed by atoms with van der Waals surface area (Å²) in [6.07, 6.45) is 8.13. The predicted molar refractivity (Wildman–Crippen MR) is 101 cm³/mol. The van der Waals surface area contributed by atoms with Crippen LogP contribution in [0.25, 0.3) is 11.3 Å². The van der Waals surface area contributed by atoms with Crippen LogP contribution in [-0.4, -0.2) is 34.1 Å². The molecule has 4 rings (SSSR count). The van der Waals surface area contributed by atoms with Crippen LogP contribution < -0.4 is 0 Å². The second kappa shape index (κ2) is 7.67. The Hall–Kier alpha value is -1.71. The lowest BCUT2D eigenvalue weighted by Gasteiger charge is -2.36. The summed E-state index contributed by atoms with van der Waals surface area (Å²) in [5.74, 6) is 0.561. The molecule has 1 unspecified atom stereocenters. The zero-order chi connectivity index (χ0) is 17.1. The maximum atomic E-state index is 9.21. The minimum absolute atomic E-state index is 0.0901. The van der Waals surface area contributed by atoms with Crippen molar-refractivity contribution < 1.29 is 5.11 Å². The lowest BCUT2D eigenvalue weighted by atomic mass is 9.92. The van der Waals surface area contributed by atoms with Gasteiger partial charge in [-0.1, -0.05) is 43.2 Å². The average molecular weight is 336 g/mol. The Labute approximate surface area is 150 Å². The first-order valence-electron chi connectivity index (χ1n) is 9.74. The van der Waals surface area contributed by atoms with Crippen molar-refractivity contribution in [3.05, 3.63) is 53.7 Å². The SMILES string of the molecule is OCc1ccc(-c2cccc(C3CCCN(C4CCCC4)C3)n2)cc1. The van der Waals surface area contributed by atoms with Crippen LogP contribution >= 0.6 is 0 Å². The van der Waals surface area contributed by atoms with Crippen molar-refractivity contribution in [3.8, 4) is 11.3 Å². The zero-order valence-corrected chi connectivity index (χ0v) is 14.9. The van der Waals surface area contributed by atoms with Gasteiger partial charge in [-0.25, -0.2) is 0 Å². The topological polar surface area (TPSA) is 36.4 Å². The van der Waals surface area contributed by atoms with Gasteiger partial charge in [-0.2, -0.15) is 0 Å². The summed E-state index contributed by atoms with van der Waals surface area (Å²) in [5.41, 5.74) is 4.35. The molecule has 25 heavy (non-hydrogen) atoms. The standard InChI is InChI=1S/C22H28N2O/c25-16-17-10-12-18(13-11-17)21-8-3-9-22(23-21)19-5-4-14-24(15-19)20-6-1-2-7-20/h3,8-13,19-20,25H,1-2,4-7,14-16H2. The monoisotopic (exact) mass is 336 g/mol. The molecule has 3 nitrogen and oxygen atoms in total. The Bertz CT molecular complexity index is 691. The number of benzene rings is 1. The van der Waals surface area contributed by atoms with E-state index in [1.54, 1.807) is 0 Å². The minimum atomic E-state index is 0.0901. The molecule has 1 aliphatic heterocycles. The van der Waals surface area contributed by atoms with Gasteiger partial charge in [0, 0.05) is 29.8 Å². The van der Waals surface area contributed by atoms with Gasteiger partial charge in [0.1, 0.15) is 0 Å². The van der Waals surface area contributed by atoms with Crippen LogP contribution in [0.3, 0.4) is 0 Å². The van der Waals surface area contributed by atoms with E-state index >= 15 is 0 Å².